The van der Waals surface area contributed by atoms with Crippen molar-refractivity contribution in [2.24, 2.45) is 0 Å². The zero-order chi connectivity index (χ0) is 21.0. The molecule has 158 valence electrons. The fourth-order valence-electron chi connectivity index (χ4n) is 3.89. The predicted octanol–water partition coefficient (Wildman–Crippen LogP) is 3.83. The number of fused-ring (bicyclic) bond motifs is 1. The van der Waals surface area contributed by atoms with Gasteiger partial charge < -0.3 is 19.3 Å². The van der Waals surface area contributed by atoms with E-state index in [1.54, 1.807) is 14.2 Å². The van der Waals surface area contributed by atoms with Crippen molar-refractivity contribution in [3.8, 4) is 11.5 Å². The van der Waals surface area contributed by atoms with E-state index in [-0.39, 0.29) is 11.6 Å². The molecule has 5 nitrogen and oxygen atoms in total. The Kier molecular flexibility index (Phi) is 6.83. The van der Waals surface area contributed by atoms with Crippen LogP contribution in [0.25, 0.3) is 0 Å². The van der Waals surface area contributed by atoms with Crippen LogP contribution in [0.4, 0.5) is 0 Å². The van der Waals surface area contributed by atoms with Crippen molar-refractivity contribution >= 4 is 0 Å². The van der Waals surface area contributed by atoms with Gasteiger partial charge in [0.05, 0.1) is 38.6 Å². The Balaban J connectivity index is 1.92. The largest absolute Gasteiger partial charge is 0.493 e. The molecule has 2 atom stereocenters. The van der Waals surface area contributed by atoms with E-state index in [9.17, 15) is 5.11 Å². The highest BCUT2D eigenvalue weighted by atomic mass is 16.5. The Bertz CT molecular complexity index is 801. The summed E-state index contributed by atoms with van der Waals surface area (Å²) in [4.78, 5) is 2.33. The van der Waals surface area contributed by atoms with E-state index in [0.717, 1.165) is 24.5 Å². The smallest absolute Gasteiger partial charge is 0.161 e. The van der Waals surface area contributed by atoms with E-state index >= 15 is 0 Å². The zero-order valence-electron chi connectivity index (χ0n) is 18.1. The van der Waals surface area contributed by atoms with Crippen LogP contribution in [0.2, 0.25) is 0 Å². The Morgan fingerprint density at radius 2 is 1.72 bits per heavy atom. The average Bonchev–Trinajstić information content (AvgIpc) is 2.71. The molecule has 0 unspecified atom stereocenters. The number of hydrogen-bond acceptors (Lipinski definition) is 5. The van der Waals surface area contributed by atoms with Gasteiger partial charge >= 0.3 is 0 Å². The molecule has 0 aromatic heterocycles. The summed E-state index contributed by atoms with van der Waals surface area (Å²) in [5, 5.41) is 10.6. The van der Waals surface area contributed by atoms with Gasteiger partial charge in [0, 0.05) is 13.1 Å². The Morgan fingerprint density at radius 1 is 1.07 bits per heavy atom. The number of hydrogen-bond donors (Lipinski definition) is 1. The van der Waals surface area contributed by atoms with E-state index in [2.05, 4.69) is 41.3 Å². The Hall–Kier alpha value is -2.08. The number of benzene rings is 2. The van der Waals surface area contributed by atoms with Gasteiger partial charge in [-0.3, -0.25) is 4.90 Å². The summed E-state index contributed by atoms with van der Waals surface area (Å²) in [5.41, 5.74) is 3.39. The van der Waals surface area contributed by atoms with E-state index in [0.29, 0.717) is 13.2 Å². The molecule has 3 rings (SSSR count). The number of nitrogens with zero attached hydrogens (tertiary/aromatic N) is 1. The number of ether oxygens (including phenoxy) is 3. The van der Waals surface area contributed by atoms with Crippen molar-refractivity contribution in [2.75, 3.05) is 33.9 Å². The molecule has 0 aliphatic carbocycles. The first kappa shape index (κ1) is 21.6. The second-order valence-electron chi connectivity index (χ2n) is 8.54. The highest BCUT2D eigenvalue weighted by Crippen LogP contribution is 2.41. The minimum absolute atomic E-state index is 0.0454. The molecule has 29 heavy (non-hydrogen) atoms. The van der Waals surface area contributed by atoms with E-state index in [4.69, 9.17) is 14.2 Å². The molecular weight excluding hydrogens is 366 g/mol. The average molecular weight is 400 g/mol. The van der Waals surface area contributed by atoms with Crippen molar-refractivity contribution in [3.63, 3.8) is 0 Å². The maximum Gasteiger partial charge on any atom is 0.161 e. The quantitative estimate of drug-likeness (QED) is 0.767. The Morgan fingerprint density at radius 3 is 2.34 bits per heavy atom. The monoisotopic (exact) mass is 399 g/mol. The first-order chi connectivity index (χ1) is 13.8. The van der Waals surface area contributed by atoms with Crippen LogP contribution in [0.15, 0.2) is 42.5 Å². The lowest BCUT2D eigenvalue weighted by molar-refractivity contribution is -0.0584. The molecule has 0 amide bonds. The standard InChI is InChI=1S/C24H33NO4/c1-24(2,3)29-16-19(26)15-25-12-11-18-13-21(27-4)22(28-5)14-20(18)23(25)17-9-7-6-8-10-17/h6-10,13-14,19,23,26H,11-12,15-16H2,1-5H3/t19-,23-/m1/s1. The van der Waals surface area contributed by atoms with Crippen LogP contribution in [0.3, 0.4) is 0 Å². The van der Waals surface area contributed by atoms with Crippen LogP contribution in [0, 0.1) is 0 Å². The summed E-state index contributed by atoms with van der Waals surface area (Å²) < 4.78 is 16.9. The fourth-order valence-corrected chi connectivity index (χ4v) is 3.89. The van der Waals surface area contributed by atoms with Crippen molar-refractivity contribution in [2.45, 2.75) is 44.9 Å². The van der Waals surface area contributed by atoms with E-state index < -0.39 is 6.10 Å². The van der Waals surface area contributed by atoms with Crippen LogP contribution in [-0.4, -0.2) is 55.6 Å². The van der Waals surface area contributed by atoms with Gasteiger partial charge in [0.1, 0.15) is 0 Å². The summed E-state index contributed by atoms with van der Waals surface area (Å²) in [6.45, 7) is 7.73. The molecule has 2 aromatic rings. The molecule has 5 heteroatoms. The van der Waals surface area contributed by atoms with Gasteiger partial charge in [-0.05, 0) is 56.0 Å². The number of aliphatic hydroxyl groups excluding tert-OH is 1. The summed E-state index contributed by atoms with van der Waals surface area (Å²) in [6, 6.07) is 14.6. The molecule has 0 spiro atoms. The molecule has 0 saturated carbocycles. The van der Waals surface area contributed by atoms with Crippen LogP contribution >= 0.6 is 0 Å². The topological polar surface area (TPSA) is 51.2 Å². The first-order valence-corrected chi connectivity index (χ1v) is 10.2. The first-order valence-electron chi connectivity index (χ1n) is 10.2. The van der Waals surface area contributed by atoms with Crippen molar-refractivity contribution in [3.05, 3.63) is 59.2 Å². The minimum atomic E-state index is -0.554. The Labute approximate surface area is 174 Å². The van der Waals surface area contributed by atoms with E-state index in [1.807, 2.05) is 26.8 Å². The molecule has 0 radical (unpaired) electrons. The minimum Gasteiger partial charge on any atom is -0.493 e. The highest BCUT2D eigenvalue weighted by Gasteiger charge is 2.31. The summed E-state index contributed by atoms with van der Waals surface area (Å²) in [6.07, 6.45) is 0.341. The second kappa shape index (κ2) is 9.16. The molecule has 0 saturated heterocycles. The van der Waals surface area contributed by atoms with Crippen LogP contribution < -0.4 is 9.47 Å². The van der Waals surface area contributed by atoms with Crippen molar-refractivity contribution < 1.29 is 19.3 Å². The summed E-state index contributed by atoms with van der Waals surface area (Å²) in [5.74, 6) is 1.48. The fraction of sp³-hybridized carbons (Fsp3) is 0.500. The number of rotatable bonds is 7. The van der Waals surface area contributed by atoms with Gasteiger partial charge in [0.25, 0.3) is 0 Å². The van der Waals surface area contributed by atoms with E-state index in [1.165, 1.54) is 16.7 Å². The predicted molar refractivity (Wildman–Crippen MR) is 115 cm³/mol. The summed E-state index contributed by atoms with van der Waals surface area (Å²) >= 11 is 0. The van der Waals surface area contributed by atoms with Gasteiger partial charge in [-0.25, -0.2) is 0 Å². The van der Waals surface area contributed by atoms with Crippen LogP contribution in [-0.2, 0) is 11.2 Å². The van der Waals surface area contributed by atoms with Gasteiger partial charge in [-0.15, -0.1) is 0 Å². The molecule has 1 aliphatic heterocycles. The maximum atomic E-state index is 10.6. The van der Waals surface area contributed by atoms with Crippen molar-refractivity contribution in [1.29, 1.82) is 0 Å². The number of methoxy groups -OCH3 is 2. The van der Waals surface area contributed by atoms with Crippen LogP contribution in [0.1, 0.15) is 43.5 Å². The van der Waals surface area contributed by atoms with Gasteiger partial charge in [-0.2, -0.15) is 0 Å². The zero-order valence-corrected chi connectivity index (χ0v) is 18.1. The van der Waals surface area contributed by atoms with Crippen LogP contribution in [0.5, 0.6) is 11.5 Å². The SMILES string of the molecule is COc1cc2c(cc1OC)[C@@H](c1ccccc1)N(C[C@@H](O)COC(C)(C)C)CC2. The molecule has 1 N–H and O–H groups in total. The molecule has 0 bridgehead atoms. The van der Waals surface area contributed by atoms with Crippen molar-refractivity contribution in [1.82, 2.24) is 4.90 Å². The lowest BCUT2D eigenvalue weighted by Crippen LogP contribution is -2.42. The number of aliphatic hydroxyl groups is 1. The summed E-state index contributed by atoms with van der Waals surface area (Å²) in [7, 11) is 3.33. The van der Waals surface area contributed by atoms with Gasteiger partial charge in [0.2, 0.25) is 0 Å². The van der Waals surface area contributed by atoms with Gasteiger partial charge in [0.15, 0.2) is 11.5 Å². The maximum absolute atomic E-state index is 10.6. The molecule has 2 aromatic carbocycles. The third kappa shape index (κ3) is 5.30. The third-order valence-electron chi connectivity index (χ3n) is 5.24. The molecule has 1 heterocycles. The lowest BCUT2D eigenvalue weighted by Gasteiger charge is -2.39. The highest BCUT2D eigenvalue weighted by molar-refractivity contribution is 5.51. The third-order valence-corrected chi connectivity index (χ3v) is 5.24. The second-order valence-corrected chi connectivity index (χ2v) is 8.54. The molecular formula is C24H33NO4. The normalized spacial score (nSPS) is 18.2. The number of β-amino-alcohol motifs (C(OH)–C–C–N with tert-alkyl or cyclic N) is 1. The van der Waals surface area contributed by atoms with Gasteiger partial charge in [-0.1, -0.05) is 30.3 Å². The lowest BCUT2D eigenvalue weighted by atomic mass is 9.87. The molecule has 0 fully saturated rings. The molecule has 1 aliphatic rings.